The summed E-state index contributed by atoms with van der Waals surface area (Å²) in [5.74, 6) is 0. The van der Waals surface area contributed by atoms with Gasteiger partial charge in [-0.05, 0) is 36.5 Å². The van der Waals surface area contributed by atoms with Gasteiger partial charge in [0.05, 0.1) is 17.1 Å². The van der Waals surface area contributed by atoms with Crippen molar-refractivity contribution in [1.82, 2.24) is 15.8 Å². The quantitative estimate of drug-likeness (QED) is 0.243. The molecule has 32 heavy (non-hydrogen) atoms. The molecule has 0 atom stereocenters. The zero-order valence-electron chi connectivity index (χ0n) is 16.6. The van der Waals surface area contributed by atoms with Gasteiger partial charge in [0, 0.05) is 20.7 Å². The molecule has 0 saturated carbocycles. The maximum atomic E-state index is 13.1. The first-order valence-corrected chi connectivity index (χ1v) is 11.8. The highest BCUT2D eigenvalue weighted by molar-refractivity contribution is 7.99. The third-order valence-electron chi connectivity index (χ3n) is 4.71. The van der Waals surface area contributed by atoms with Crippen LogP contribution in [-0.4, -0.2) is 16.1 Å². The predicted octanol–water partition coefficient (Wildman–Crippen LogP) is 6.02. The highest BCUT2D eigenvalue weighted by Crippen LogP contribution is 2.47. The Balaban J connectivity index is 1.27. The summed E-state index contributed by atoms with van der Waals surface area (Å²) >= 11 is 8.43. The number of nitrogens with zero attached hydrogens (tertiary/aromatic N) is 2. The van der Waals surface area contributed by atoms with Crippen LogP contribution >= 0.6 is 35.3 Å². The smallest absolute Gasteiger partial charge is 0.307 e. The van der Waals surface area contributed by atoms with Crippen LogP contribution < -0.4 is 21.1 Å². The van der Waals surface area contributed by atoms with Crippen molar-refractivity contribution in [2.24, 2.45) is 0 Å². The molecule has 2 heterocycles. The first-order valence-electron chi connectivity index (χ1n) is 9.73. The van der Waals surface area contributed by atoms with Crippen molar-refractivity contribution < 1.29 is 4.79 Å². The number of hydrogen-bond donors (Lipinski definition) is 3. The lowest BCUT2D eigenvalue weighted by atomic mass is 10.2. The molecule has 3 N–H and O–H groups in total. The molecule has 5 rings (SSSR count). The maximum absolute atomic E-state index is 13.1. The van der Waals surface area contributed by atoms with Gasteiger partial charge in [0.2, 0.25) is 0 Å². The number of amides is 2. The molecule has 0 unspecified atom stereocenters. The Morgan fingerprint density at radius 2 is 1.47 bits per heavy atom. The Morgan fingerprint density at radius 1 is 0.844 bits per heavy atom. The van der Waals surface area contributed by atoms with Crippen LogP contribution in [0.3, 0.4) is 0 Å². The van der Waals surface area contributed by atoms with Crippen LogP contribution in [0.25, 0.3) is 11.3 Å². The number of benzene rings is 3. The number of urea groups is 1. The van der Waals surface area contributed by atoms with Crippen molar-refractivity contribution in [3.05, 3.63) is 84.2 Å². The van der Waals surface area contributed by atoms with Crippen LogP contribution in [0.15, 0.2) is 94.0 Å². The number of hydrogen-bond acceptors (Lipinski definition) is 5. The molecule has 1 aliphatic rings. The summed E-state index contributed by atoms with van der Waals surface area (Å²) in [5.41, 5.74) is 9.01. The molecule has 4 aromatic rings. The second-order valence-corrected chi connectivity index (χ2v) is 9.14. The van der Waals surface area contributed by atoms with E-state index in [0.29, 0.717) is 5.13 Å². The molecule has 9 heteroatoms. The molecule has 0 saturated heterocycles. The third kappa shape index (κ3) is 4.18. The van der Waals surface area contributed by atoms with Crippen molar-refractivity contribution in [3.8, 4) is 11.3 Å². The van der Waals surface area contributed by atoms with Gasteiger partial charge in [0.25, 0.3) is 0 Å². The number of anilines is 3. The van der Waals surface area contributed by atoms with E-state index >= 15 is 0 Å². The summed E-state index contributed by atoms with van der Waals surface area (Å²) in [6.45, 7) is 0. The zero-order chi connectivity index (χ0) is 21.9. The highest BCUT2D eigenvalue weighted by Gasteiger charge is 2.27. The minimum atomic E-state index is -0.335. The van der Waals surface area contributed by atoms with Crippen LogP contribution in [0.4, 0.5) is 21.3 Å². The second-order valence-electron chi connectivity index (χ2n) is 6.79. The van der Waals surface area contributed by atoms with Gasteiger partial charge in [-0.1, -0.05) is 66.4 Å². The molecule has 1 aliphatic heterocycles. The lowest BCUT2D eigenvalue weighted by Gasteiger charge is -2.31. The SMILES string of the molecule is O=C(NNC(=S)Nc1nc(-c2ccccc2)cs1)N1c2ccccc2Sc2ccccc21. The Hall–Kier alpha value is -3.40. The van der Waals surface area contributed by atoms with Crippen molar-refractivity contribution in [3.63, 3.8) is 0 Å². The van der Waals surface area contributed by atoms with Crippen molar-refractivity contribution in [2.75, 3.05) is 10.2 Å². The molecular weight excluding hydrogens is 458 g/mol. The highest BCUT2D eigenvalue weighted by atomic mass is 32.2. The Morgan fingerprint density at radius 3 is 2.16 bits per heavy atom. The first-order chi connectivity index (χ1) is 15.7. The summed E-state index contributed by atoms with van der Waals surface area (Å²) in [4.78, 5) is 21.3. The van der Waals surface area contributed by atoms with Gasteiger partial charge in [-0.15, -0.1) is 11.3 Å². The number of nitrogens with one attached hydrogen (secondary N) is 3. The van der Waals surface area contributed by atoms with E-state index in [-0.39, 0.29) is 11.1 Å². The molecule has 0 aliphatic carbocycles. The van der Waals surface area contributed by atoms with Gasteiger partial charge in [0.1, 0.15) is 0 Å². The molecule has 0 radical (unpaired) electrons. The standard InChI is InChI=1S/C23H17N5OS3/c29-23(28-17-10-4-6-12-19(17)32-20-13-7-5-11-18(20)28)27-26-21(30)25-22-24-16(14-31-22)15-8-2-1-3-9-15/h1-14H,(H,27,29)(H2,24,25,26,30). The van der Waals surface area contributed by atoms with Crippen LogP contribution in [0.1, 0.15) is 0 Å². The van der Waals surface area contributed by atoms with Crippen molar-refractivity contribution in [2.45, 2.75) is 9.79 Å². The number of fused-ring (bicyclic) bond motifs is 2. The van der Waals surface area contributed by atoms with Crippen LogP contribution in [0.2, 0.25) is 0 Å². The molecule has 6 nitrogen and oxygen atoms in total. The number of para-hydroxylation sites is 2. The van der Waals surface area contributed by atoms with Crippen LogP contribution in [-0.2, 0) is 0 Å². The molecule has 0 bridgehead atoms. The van der Waals surface area contributed by atoms with Crippen molar-refractivity contribution in [1.29, 1.82) is 0 Å². The average molecular weight is 476 g/mol. The van der Waals surface area contributed by atoms with E-state index in [2.05, 4.69) is 21.2 Å². The molecule has 1 aromatic heterocycles. The largest absolute Gasteiger partial charge is 0.345 e. The number of thiazole rings is 1. The fourth-order valence-electron chi connectivity index (χ4n) is 3.29. The van der Waals surface area contributed by atoms with E-state index in [1.54, 1.807) is 16.7 Å². The Kier molecular flexibility index (Phi) is 5.76. The third-order valence-corrected chi connectivity index (χ3v) is 6.80. The zero-order valence-corrected chi connectivity index (χ0v) is 19.1. The second kappa shape index (κ2) is 8.99. The van der Waals surface area contributed by atoms with Gasteiger partial charge in [-0.25, -0.2) is 15.2 Å². The maximum Gasteiger partial charge on any atom is 0.345 e. The Bertz CT molecular complexity index is 1250. The van der Waals surface area contributed by atoms with Gasteiger partial charge in [0.15, 0.2) is 10.2 Å². The number of aromatic nitrogens is 1. The molecular formula is C23H17N5OS3. The van der Waals surface area contributed by atoms with Gasteiger partial charge < -0.3 is 5.32 Å². The normalized spacial score (nSPS) is 11.8. The fraction of sp³-hybridized carbons (Fsp3) is 0. The van der Waals surface area contributed by atoms with E-state index in [0.717, 1.165) is 32.4 Å². The molecule has 2 amide bonds. The van der Waals surface area contributed by atoms with E-state index in [4.69, 9.17) is 12.2 Å². The molecule has 0 fully saturated rings. The van der Waals surface area contributed by atoms with E-state index in [1.165, 1.54) is 11.3 Å². The minimum Gasteiger partial charge on any atom is -0.307 e. The van der Waals surface area contributed by atoms with E-state index in [9.17, 15) is 4.79 Å². The topological polar surface area (TPSA) is 69.3 Å². The first kappa shape index (κ1) is 20.5. The monoisotopic (exact) mass is 475 g/mol. The number of rotatable bonds is 2. The van der Waals surface area contributed by atoms with E-state index in [1.807, 2.05) is 84.2 Å². The summed E-state index contributed by atoms with van der Waals surface area (Å²) in [6.07, 6.45) is 0. The molecule has 0 spiro atoms. The van der Waals surface area contributed by atoms with Gasteiger partial charge >= 0.3 is 6.03 Å². The fourth-order valence-corrected chi connectivity index (χ4v) is 5.28. The average Bonchev–Trinajstić information content (AvgIpc) is 3.30. The summed E-state index contributed by atoms with van der Waals surface area (Å²) < 4.78 is 0. The lowest BCUT2D eigenvalue weighted by Crippen LogP contribution is -2.49. The molecule has 158 valence electrons. The summed E-state index contributed by atoms with van der Waals surface area (Å²) in [6, 6.07) is 25.2. The van der Waals surface area contributed by atoms with E-state index < -0.39 is 0 Å². The lowest BCUT2D eigenvalue weighted by molar-refractivity contribution is 0.247. The van der Waals surface area contributed by atoms with Gasteiger partial charge in [-0.2, -0.15) is 0 Å². The number of thiocarbonyl (C=S) groups is 1. The molecule has 3 aromatic carbocycles. The van der Waals surface area contributed by atoms with Crippen molar-refractivity contribution >= 4 is 63.0 Å². The Labute approximate surface area is 198 Å². The number of hydrazine groups is 1. The summed E-state index contributed by atoms with van der Waals surface area (Å²) in [7, 11) is 0. The predicted molar refractivity (Wildman–Crippen MR) is 135 cm³/mol. The van der Waals surface area contributed by atoms with Crippen LogP contribution in [0.5, 0.6) is 0 Å². The number of carbonyl (C=O) groups excluding carboxylic acids is 1. The summed E-state index contributed by atoms with van der Waals surface area (Å²) in [5, 5.41) is 5.87. The minimum absolute atomic E-state index is 0.250. The van der Waals surface area contributed by atoms with Crippen LogP contribution in [0, 0.1) is 0 Å². The number of carbonyl (C=O) groups is 1. The van der Waals surface area contributed by atoms with Gasteiger partial charge in [-0.3, -0.25) is 10.3 Å².